The van der Waals surface area contributed by atoms with E-state index in [1.165, 1.54) is 11.8 Å². The topological polar surface area (TPSA) is 77.3 Å². The molecule has 36 heavy (non-hydrogen) atoms. The van der Waals surface area contributed by atoms with Crippen molar-refractivity contribution in [2.75, 3.05) is 17.2 Å². The molecule has 0 saturated carbocycles. The summed E-state index contributed by atoms with van der Waals surface area (Å²) in [6.45, 7) is 2.98. The number of anilines is 1. The zero-order valence-electron chi connectivity index (χ0n) is 20.0. The number of thioether (sulfide) groups is 1. The van der Waals surface area contributed by atoms with Gasteiger partial charge in [-0.05, 0) is 61.4 Å². The number of hydrogen-bond donors (Lipinski definition) is 0. The first-order chi connectivity index (χ1) is 17.6. The van der Waals surface area contributed by atoms with Gasteiger partial charge in [0.1, 0.15) is 12.4 Å². The summed E-state index contributed by atoms with van der Waals surface area (Å²) >= 11 is 1.34. The second kappa shape index (κ2) is 10.8. The number of ketones is 1. The Morgan fingerprint density at radius 1 is 0.944 bits per heavy atom. The van der Waals surface area contributed by atoms with Gasteiger partial charge in [0.25, 0.3) is 0 Å². The molecule has 1 saturated heterocycles. The van der Waals surface area contributed by atoms with Crippen LogP contribution in [0.4, 0.5) is 5.69 Å². The largest absolute Gasteiger partial charge is 0.485 e. The molecule has 2 heterocycles. The molecule has 1 fully saturated rings. The van der Waals surface area contributed by atoms with Crippen molar-refractivity contribution in [2.24, 2.45) is 0 Å². The fraction of sp³-hybridized carbons (Fsp3) is 0.214. The summed E-state index contributed by atoms with van der Waals surface area (Å²) in [6, 6.07) is 24.9. The van der Waals surface area contributed by atoms with Crippen LogP contribution in [-0.4, -0.2) is 38.8 Å². The molecule has 0 bridgehead atoms. The SMILES string of the molecule is Cc1ccccc1OCc1nnc(SCC(=O)c2ccc(N3CCCC3=O)cc2)n1-c1ccccc1. The number of Topliss-reactive ketones (excluding diaryl/α,β-unsaturated/α-hetero) is 1. The fourth-order valence-corrected chi connectivity index (χ4v) is 5.01. The Labute approximate surface area is 214 Å². The summed E-state index contributed by atoms with van der Waals surface area (Å²) < 4.78 is 7.96. The van der Waals surface area contributed by atoms with Crippen LogP contribution in [0.5, 0.6) is 5.75 Å². The quantitative estimate of drug-likeness (QED) is 0.232. The van der Waals surface area contributed by atoms with E-state index in [9.17, 15) is 9.59 Å². The van der Waals surface area contributed by atoms with Gasteiger partial charge < -0.3 is 9.64 Å². The predicted octanol–water partition coefficient (Wildman–Crippen LogP) is 5.26. The first-order valence-corrected chi connectivity index (χ1v) is 12.8. The second-order valence-corrected chi connectivity index (χ2v) is 9.47. The molecule has 0 atom stereocenters. The van der Waals surface area contributed by atoms with E-state index in [1.807, 2.05) is 78.2 Å². The first-order valence-electron chi connectivity index (χ1n) is 11.8. The molecule has 0 radical (unpaired) electrons. The van der Waals surface area contributed by atoms with Crippen molar-refractivity contribution in [3.63, 3.8) is 0 Å². The molecule has 0 unspecified atom stereocenters. The number of para-hydroxylation sites is 2. The Balaban J connectivity index is 1.31. The molecule has 0 N–H and O–H groups in total. The third-order valence-corrected chi connectivity index (χ3v) is 7.00. The summed E-state index contributed by atoms with van der Waals surface area (Å²) in [4.78, 5) is 26.7. The maximum Gasteiger partial charge on any atom is 0.227 e. The van der Waals surface area contributed by atoms with Crippen molar-refractivity contribution in [1.82, 2.24) is 14.8 Å². The monoisotopic (exact) mass is 498 g/mol. The standard InChI is InChI=1S/C28H26N4O3S/c1-20-8-5-6-11-25(20)35-18-26-29-30-28(32(26)23-9-3-2-4-10-23)36-19-24(33)21-13-15-22(16-14-21)31-17-7-12-27(31)34/h2-6,8-11,13-16H,7,12,17-19H2,1H3. The third kappa shape index (κ3) is 5.18. The molecule has 8 heteroatoms. The number of carbonyl (C=O) groups is 2. The number of ether oxygens (including phenoxy) is 1. The summed E-state index contributed by atoms with van der Waals surface area (Å²) in [7, 11) is 0. The summed E-state index contributed by atoms with van der Waals surface area (Å²) in [6.07, 6.45) is 1.45. The highest BCUT2D eigenvalue weighted by Gasteiger charge is 2.22. The van der Waals surface area contributed by atoms with Gasteiger partial charge in [-0.3, -0.25) is 14.2 Å². The number of amides is 1. The average molecular weight is 499 g/mol. The molecular weight excluding hydrogens is 472 g/mol. The van der Waals surface area contributed by atoms with Gasteiger partial charge in [0, 0.05) is 29.9 Å². The molecule has 182 valence electrons. The van der Waals surface area contributed by atoms with E-state index in [-0.39, 0.29) is 24.1 Å². The lowest BCUT2D eigenvalue weighted by molar-refractivity contribution is -0.117. The highest BCUT2D eigenvalue weighted by Crippen LogP contribution is 2.26. The molecule has 1 amide bonds. The van der Waals surface area contributed by atoms with Gasteiger partial charge in [-0.15, -0.1) is 10.2 Å². The molecule has 3 aromatic carbocycles. The fourth-order valence-electron chi connectivity index (χ4n) is 4.15. The lowest BCUT2D eigenvalue weighted by atomic mass is 10.1. The van der Waals surface area contributed by atoms with Crippen LogP contribution in [0.2, 0.25) is 0 Å². The number of aromatic nitrogens is 3. The van der Waals surface area contributed by atoms with Crippen LogP contribution in [0.1, 0.15) is 34.6 Å². The zero-order chi connectivity index (χ0) is 24.9. The summed E-state index contributed by atoms with van der Waals surface area (Å²) in [5.74, 6) is 1.78. The van der Waals surface area contributed by atoms with E-state index < -0.39 is 0 Å². The number of nitrogens with zero attached hydrogens (tertiary/aromatic N) is 4. The number of carbonyl (C=O) groups excluding carboxylic acids is 2. The van der Waals surface area contributed by atoms with Gasteiger partial charge in [0.2, 0.25) is 5.91 Å². The predicted molar refractivity (Wildman–Crippen MR) is 140 cm³/mol. The van der Waals surface area contributed by atoms with Crippen LogP contribution < -0.4 is 9.64 Å². The van der Waals surface area contributed by atoms with E-state index in [1.54, 1.807) is 17.0 Å². The second-order valence-electron chi connectivity index (χ2n) is 8.53. The van der Waals surface area contributed by atoms with Crippen LogP contribution in [0.15, 0.2) is 84.0 Å². The smallest absolute Gasteiger partial charge is 0.227 e. The summed E-state index contributed by atoms with van der Waals surface area (Å²) in [5, 5.41) is 9.36. The molecular formula is C28H26N4O3S. The molecule has 0 spiro atoms. The van der Waals surface area contributed by atoms with Crippen molar-refractivity contribution in [3.05, 3.63) is 95.8 Å². The van der Waals surface area contributed by atoms with Crippen molar-refractivity contribution in [1.29, 1.82) is 0 Å². The zero-order valence-corrected chi connectivity index (χ0v) is 20.8. The van der Waals surface area contributed by atoms with Gasteiger partial charge in [-0.2, -0.15) is 0 Å². The molecule has 7 nitrogen and oxygen atoms in total. The Morgan fingerprint density at radius 3 is 2.42 bits per heavy atom. The maximum atomic E-state index is 12.9. The molecule has 1 aromatic heterocycles. The van der Waals surface area contributed by atoms with E-state index in [0.717, 1.165) is 35.7 Å². The lowest BCUT2D eigenvalue weighted by Crippen LogP contribution is -2.23. The molecule has 1 aliphatic heterocycles. The van der Waals surface area contributed by atoms with E-state index in [0.29, 0.717) is 23.0 Å². The van der Waals surface area contributed by atoms with Crippen LogP contribution in [0, 0.1) is 6.92 Å². The Kier molecular flexibility index (Phi) is 7.13. The van der Waals surface area contributed by atoms with Crippen molar-refractivity contribution in [2.45, 2.75) is 31.5 Å². The van der Waals surface area contributed by atoms with Crippen molar-refractivity contribution in [3.8, 4) is 11.4 Å². The normalized spacial score (nSPS) is 13.2. The van der Waals surface area contributed by atoms with E-state index in [2.05, 4.69) is 10.2 Å². The van der Waals surface area contributed by atoms with Crippen LogP contribution in [-0.2, 0) is 11.4 Å². The first kappa shape index (κ1) is 23.8. The molecule has 4 aromatic rings. The van der Waals surface area contributed by atoms with Gasteiger partial charge in [0.15, 0.2) is 16.8 Å². The summed E-state index contributed by atoms with van der Waals surface area (Å²) in [5.41, 5.74) is 3.39. The molecule has 5 rings (SSSR count). The van der Waals surface area contributed by atoms with Gasteiger partial charge in [0.05, 0.1) is 5.75 Å². The van der Waals surface area contributed by atoms with Gasteiger partial charge in [-0.1, -0.05) is 48.2 Å². The third-order valence-electron chi connectivity index (χ3n) is 6.07. The number of aryl methyl sites for hydroxylation is 1. The maximum absolute atomic E-state index is 12.9. The lowest BCUT2D eigenvalue weighted by Gasteiger charge is -2.15. The van der Waals surface area contributed by atoms with Crippen molar-refractivity contribution < 1.29 is 14.3 Å². The van der Waals surface area contributed by atoms with Crippen molar-refractivity contribution >= 4 is 29.1 Å². The Hall–Kier alpha value is -3.91. The van der Waals surface area contributed by atoms with E-state index in [4.69, 9.17) is 4.74 Å². The van der Waals surface area contributed by atoms with Crippen LogP contribution >= 0.6 is 11.8 Å². The number of hydrogen-bond acceptors (Lipinski definition) is 6. The van der Waals surface area contributed by atoms with Gasteiger partial charge in [-0.25, -0.2) is 0 Å². The Bertz CT molecular complexity index is 1370. The van der Waals surface area contributed by atoms with Gasteiger partial charge >= 0.3 is 0 Å². The van der Waals surface area contributed by atoms with E-state index >= 15 is 0 Å². The highest BCUT2D eigenvalue weighted by molar-refractivity contribution is 7.99. The minimum atomic E-state index is -0.0142. The molecule has 1 aliphatic rings. The highest BCUT2D eigenvalue weighted by atomic mass is 32.2. The minimum absolute atomic E-state index is 0.0142. The van der Waals surface area contributed by atoms with Crippen LogP contribution in [0.25, 0.3) is 5.69 Å². The molecule has 0 aliphatic carbocycles. The average Bonchev–Trinajstić information content (AvgIpc) is 3.53. The Morgan fingerprint density at radius 2 is 1.69 bits per heavy atom. The number of rotatable bonds is 9. The number of benzene rings is 3. The van der Waals surface area contributed by atoms with Crippen LogP contribution in [0.3, 0.4) is 0 Å². The minimum Gasteiger partial charge on any atom is -0.485 e.